The molecule has 8 nitrogen and oxygen atoms in total. The Hall–Kier alpha value is -2.60. The SMILES string of the molecule is CC[C@@H](c1ccc(Cl)c(Cl)c1)n1c(C(=O)OC)c[nH]c1=S.CC[C@H](c1ccc(Cl)c(Cl)c1)n1c(C(=O)OC)c[nH]c1=S. The minimum atomic E-state index is -0.444. The van der Waals surface area contributed by atoms with Gasteiger partial charge in [-0.05, 0) is 72.7 Å². The van der Waals surface area contributed by atoms with Crippen LogP contribution in [-0.2, 0) is 9.47 Å². The number of nitrogens with zero attached hydrogens (tertiary/aromatic N) is 2. The molecule has 2 atom stereocenters. The molecule has 0 amide bonds. The number of imidazole rings is 2. The minimum Gasteiger partial charge on any atom is -0.464 e. The lowest BCUT2D eigenvalue weighted by atomic mass is 10.0. The predicted molar refractivity (Wildman–Crippen MR) is 172 cm³/mol. The number of benzene rings is 2. The number of halogens is 4. The molecule has 0 spiro atoms. The highest BCUT2D eigenvalue weighted by molar-refractivity contribution is 7.71. The number of carbonyl (C=O) groups is 2. The molecule has 0 aliphatic heterocycles. The van der Waals surface area contributed by atoms with Gasteiger partial charge in [-0.15, -0.1) is 0 Å². The summed E-state index contributed by atoms with van der Waals surface area (Å²) in [5, 5.41) is 1.91. The molecule has 0 unspecified atom stereocenters. The second kappa shape index (κ2) is 15.2. The molecule has 2 N–H and O–H groups in total. The van der Waals surface area contributed by atoms with Gasteiger partial charge in [0.1, 0.15) is 11.4 Å². The fraction of sp³-hybridized carbons (Fsp3) is 0.286. The van der Waals surface area contributed by atoms with E-state index in [2.05, 4.69) is 9.97 Å². The number of hydrogen-bond acceptors (Lipinski definition) is 6. The summed E-state index contributed by atoms with van der Waals surface area (Å²) >= 11 is 34.6. The highest BCUT2D eigenvalue weighted by Crippen LogP contribution is 2.31. The number of rotatable bonds is 8. The number of methoxy groups -OCH3 is 2. The first-order valence-corrected chi connectivity index (χ1v) is 15.0. The molecule has 0 saturated carbocycles. The first kappa shape index (κ1) is 33.9. The molecule has 2 aromatic heterocycles. The second-order valence-corrected chi connectivity index (χ2v) is 11.3. The van der Waals surface area contributed by atoms with E-state index in [0.29, 0.717) is 41.0 Å². The molecule has 4 rings (SSSR count). The lowest BCUT2D eigenvalue weighted by molar-refractivity contribution is 0.0578. The fourth-order valence-electron chi connectivity index (χ4n) is 4.47. The van der Waals surface area contributed by atoms with Crippen LogP contribution < -0.4 is 0 Å². The maximum absolute atomic E-state index is 11.9. The van der Waals surface area contributed by atoms with Crippen molar-refractivity contribution in [2.45, 2.75) is 38.8 Å². The summed E-state index contributed by atoms with van der Waals surface area (Å²) in [6.07, 6.45) is 4.56. The summed E-state index contributed by atoms with van der Waals surface area (Å²) in [6, 6.07) is 10.5. The molecular formula is C28H28Cl4N4O4S2. The monoisotopic (exact) mass is 688 g/mol. The standard InChI is InChI=1S/2C14H14Cl2N2O2S/c2*1-3-11(8-4-5-9(15)10(16)6-8)18-12(13(19)20-2)7-17-14(18)21/h2*4-7,11H,3H2,1-2H3,(H,17,21)/t2*11-/m10/s1. The van der Waals surface area contributed by atoms with Gasteiger partial charge in [0.2, 0.25) is 0 Å². The highest BCUT2D eigenvalue weighted by atomic mass is 35.5. The maximum atomic E-state index is 11.9. The molecule has 2 heterocycles. The summed E-state index contributed by atoms with van der Waals surface area (Å²) in [7, 11) is 2.67. The first-order valence-electron chi connectivity index (χ1n) is 12.6. The first-order chi connectivity index (χ1) is 20.0. The molecule has 2 aromatic carbocycles. The van der Waals surface area contributed by atoms with E-state index in [1.54, 1.807) is 45.8 Å². The lowest BCUT2D eigenvalue weighted by Crippen LogP contribution is -2.17. The molecule has 42 heavy (non-hydrogen) atoms. The molecule has 4 aromatic rings. The van der Waals surface area contributed by atoms with Gasteiger partial charge in [0.25, 0.3) is 0 Å². The lowest BCUT2D eigenvalue weighted by Gasteiger charge is -2.20. The van der Waals surface area contributed by atoms with E-state index in [4.69, 9.17) is 80.3 Å². The molecule has 0 saturated heterocycles. The Morgan fingerprint density at radius 2 is 1.07 bits per heavy atom. The molecular weight excluding hydrogens is 662 g/mol. The van der Waals surface area contributed by atoms with Crippen molar-refractivity contribution >= 4 is 82.8 Å². The smallest absolute Gasteiger partial charge is 0.356 e. The quantitative estimate of drug-likeness (QED) is 0.141. The Kier molecular flexibility index (Phi) is 12.3. The molecule has 0 aliphatic carbocycles. The second-order valence-electron chi connectivity index (χ2n) is 8.88. The van der Waals surface area contributed by atoms with Crippen LogP contribution in [0.15, 0.2) is 48.8 Å². The summed E-state index contributed by atoms with van der Waals surface area (Å²) in [5.74, 6) is -0.887. The van der Waals surface area contributed by atoms with Crippen LogP contribution in [-0.4, -0.2) is 45.3 Å². The van der Waals surface area contributed by atoms with E-state index in [1.165, 1.54) is 14.2 Å². The van der Waals surface area contributed by atoms with Gasteiger partial charge >= 0.3 is 11.9 Å². The number of aromatic nitrogens is 4. The van der Waals surface area contributed by atoms with E-state index < -0.39 is 11.9 Å². The third-order valence-electron chi connectivity index (χ3n) is 6.46. The summed E-state index contributed by atoms with van der Waals surface area (Å²) in [4.78, 5) is 29.5. The predicted octanol–water partition coefficient (Wildman–Crippen LogP) is 9.28. The third kappa shape index (κ3) is 7.48. The van der Waals surface area contributed by atoms with Crippen molar-refractivity contribution in [3.8, 4) is 0 Å². The van der Waals surface area contributed by atoms with Gasteiger partial charge < -0.3 is 28.6 Å². The Bertz CT molecular complexity index is 1570. The Balaban J connectivity index is 0.000000230. The van der Waals surface area contributed by atoms with Crippen LogP contribution in [0, 0.1) is 9.54 Å². The Morgan fingerprint density at radius 1 is 0.714 bits per heavy atom. The average molecular weight is 691 g/mol. The van der Waals surface area contributed by atoms with Crippen LogP contribution in [0.2, 0.25) is 20.1 Å². The van der Waals surface area contributed by atoms with Crippen molar-refractivity contribution in [1.29, 1.82) is 0 Å². The van der Waals surface area contributed by atoms with Crippen molar-refractivity contribution in [1.82, 2.24) is 19.1 Å². The largest absolute Gasteiger partial charge is 0.464 e. The van der Waals surface area contributed by atoms with Crippen LogP contribution in [0.1, 0.15) is 70.9 Å². The molecule has 0 radical (unpaired) electrons. The Morgan fingerprint density at radius 3 is 1.36 bits per heavy atom. The van der Waals surface area contributed by atoms with Crippen molar-refractivity contribution < 1.29 is 19.1 Å². The number of nitrogens with one attached hydrogen (secondary N) is 2. The molecule has 14 heteroatoms. The van der Waals surface area contributed by atoms with Gasteiger partial charge in [-0.2, -0.15) is 0 Å². The zero-order valence-electron chi connectivity index (χ0n) is 23.0. The fourth-order valence-corrected chi connectivity index (χ4v) is 5.66. The van der Waals surface area contributed by atoms with E-state index in [-0.39, 0.29) is 12.1 Å². The van der Waals surface area contributed by atoms with Crippen molar-refractivity contribution in [3.05, 3.63) is 101 Å². The number of ether oxygens (including phenoxy) is 2. The Labute approximate surface area is 273 Å². The summed E-state index contributed by atoms with van der Waals surface area (Å²) in [6.45, 7) is 4.01. The van der Waals surface area contributed by atoms with Crippen molar-refractivity contribution in [3.63, 3.8) is 0 Å². The molecule has 224 valence electrons. The van der Waals surface area contributed by atoms with E-state index in [1.807, 2.05) is 26.0 Å². The van der Waals surface area contributed by atoms with Crippen LogP contribution in [0.5, 0.6) is 0 Å². The van der Waals surface area contributed by atoms with Crippen LogP contribution in [0.25, 0.3) is 0 Å². The maximum Gasteiger partial charge on any atom is 0.356 e. The summed E-state index contributed by atoms with van der Waals surface area (Å²) < 4.78 is 14.0. The van der Waals surface area contributed by atoms with Gasteiger partial charge in [0.15, 0.2) is 9.54 Å². The number of aromatic amines is 2. The molecule has 0 fully saturated rings. The average Bonchev–Trinajstić information content (AvgIpc) is 3.55. The topological polar surface area (TPSA) is 94.0 Å². The van der Waals surface area contributed by atoms with E-state index >= 15 is 0 Å². The van der Waals surface area contributed by atoms with Crippen LogP contribution in [0.3, 0.4) is 0 Å². The van der Waals surface area contributed by atoms with Crippen molar-refractivity contribution in [2.24, 2.45) is 0 Å². The molecule has 0 bridgehead atoms. The van der Waals surface area contributed by atoms with Gasteiger partial charge in [0, 0.05) is 12.4 Å². The molecule has 0 aliphatic rings. The van der Waals surface area contributed by atoms with Gasteiger partial charge in [-0.3, -0.25) is 0 Å². The van der Waals surface area contributed by atoms with Gasteiger partial charge in [-0.1, -0.05) is 72.4 Å². The third-order valence-corrected chi connectivity index (χ3v) is 8.57. The zero-order chi connectivity index (χ0) is 31.1. The van der Waals surface area contributed by atoms with Crippen LogP contribution >= 0.6 is 70.8 Å². The normalized spacial score (nSPS) is 12.2. The number of carbonyl (C=O) groups excluding carboxylic acids is 2. The van der Waals surface area contributed by atoms with Gasteiger partial charge in [0.05, 0.1) is 46.4 Å². The van der Waals surface area contributed by atoms with E-state index in [0.717, 1.165) is 24.0 Å². The number of hydrogen-bond donors (Lipinski definition) is 2. The number of esters is 2. The zero-order valence-corrected chi connectivity index (χ0v) is 27.7. The highest BCUT2D eigenvalue weighted by Gasteiger charge is 2.23. The minimum absolute atomic E-state index is 0.132. The van der Waals surface area contributed by atoms with Gasteiger partial charge in [-0.25, -0.2) is 9.59 Å². The summed E-state index contributed by atoms with van der Waals surface area (Å²) in [5.41, 5.74) is 2.60. The van der Waals surface area contributed by atoms with Crippen LogP contribution in [0.4, 0.5) is 0 Å². The van der Waals surface area contributed by atoms with E-state index in [9.17, 15) is 9.59 Å². The number of H-pyrrole nitrogens is 2. The van der Waals surface area contributed by atoms with Crippen molar-refractivity contribution in [2.75, 3.05) is 14.2 Å².